The summed E-state index contributed by atoms with van der Waals surface area (Å²) in [4.78, 5) is 22.1. The first kappa shape index (κ1) is 16.2. The third kappa shape index (κ3) is 3.36. The van der Waals surface area contributed by atoms with Gasteiger partial charge in [-0.1, -0.05) is 0 Å². The number of sulfonamides is 1. The highest BCUT2D eigenvalue weighted by Crippen LogP contribution is 2.17. The molecule has 20 heavy (non-hydrogen) atoms. The first-order valence-corrected chi connectivity index (χ1v) is 7.26. The average Bonchev–Trinajstić information content (AvgIpc) is 2.72. The van der Waals surface area contributed by atoms with Crippen molar-refractivity contribution >= 4 is 21.9 Å². The lowest BCUT2D eigenvalue weighted by Crippen LogP contribution is -2.38. The average molecular weight is 303 g/mol. The second-order valence-corrected chi connectivity index (χ2v) is 6.24. The molecule has 0 atom stereocenters. The standard InChI is InChI=1S/C11H17N3O5S/c1-4-12-10(15)7-14(3)20(18,19)8-5-9(11(16)17)13(2)6-8/h5-6H,4,7H2,1-3H3,(H,12,15)(H,16,17). The maximum absolute atomic E-state index is 12.2. The first-order valence-electron chi connectivity index (χ1n) is 5.82. The minimum Gasteiger partial charge on any atom is -0.477 e. The fourth-order valence-electron chi connectivity index (χ4n) is 1.61. The quantitative estimate of drug-likeness (QED) is 0.735. The topological polar surface area (TPSA) is 109 Å². The third-order valence-corrected chi connectivity index (χ3v) is 4.42. The van der Waals surface area contributed by atoms with Gasteiger partial charge in [-0.2, -0.15) is 4.31 Å². The molecule has 1 heterocycles. The van der Waals surface area contributed by atoms with Crippen molar-refractivity contribution in [2.75, 3.05) is 20.1 Å². The first-order chi connectivity index (χ1) is 9.20. The van der Waals surface area contributed by atoms with Crippen molar-refractivity contribution in [1.82, 2.24) is 14.2 Å². The Hall–Kier alpha value is -1.87. The molecule has 0 aromatic carbocycles. The number of aryl methyl sites for hydroxylation is 1. The molecule has 1 rings (SSSR count). The van der Waals surface area contributed by atoms with E-state index in [4.69, 9.17) is 5.11 Å². The molecule has 9 heteroatoms. The van der Waals surface area contributed by atoms with Gasteiger partial charge < -0.3 is 15.0 Å². The highest BCUT2D eigenvalue weighted by atomic mass is 32.2. The molecule has 8 nitrogen and oxygen atoms in total. The Morgan fingerprint density at radius 1 is 1.45 bits per heavy atom. The number of nitrogens with one attached hydrogen (secondary N) is 1. The van der Waals surface area contributed by atoms with Crippen molar-refractivity contribution < 1.29 is 23.1 Å². The number of aromatic nitrogens is 1. The van der Waals surface area contributed by atoms with Crippen LogP contribution in [0, 0.1) is 0 Å². The third-order valence-electron chi connectivity index (χ3n) is 2.65. The predicted octanol–water partition coefficient (Wildman–Crippen LogP) is -0.520. The number of carboxylic acids is 1. The Labute approximate surface area is 117 Å². The van der Waals surface area contributed by atoms with Crippen LogP contribution in [-0.4, -0.2) is 54.4 Å². The summed E-state index contributed by atoms with van der Waals surface area (Å²) in [6.45, 7) is 1.80. The van der Waals surface area contributed by atoms with Crippen molar-refractivity contribution in [3.05, 3.63) is 18.0 Å². The van der Waals surface area contributed by atoms with Crippen molar-refractivity contribution in [3.8, 4) is 0 Å². The number of rotatable bonds is 6. The smallest absolute Gasteiger partial charge is 0.352 e. The molecule has 112 valence electrons. The number of hydrogen-bond donors (Lipinski definition) is 2. The molecule has 0 spiro atoms. The van der Waals surface area contributed by atoms with Gasteiger partial charge in [-0.25, -0.2) is 13.2 Å². The summed E-state index contributed by atoms with van der Waals surface area (Å²) >= 11 is 0. The summed E-state index contributed by atoms with van der Waals surface area (Å²) in [6.07, 6.45) is 1.20. The fourth-order valence-corrected chi connectivity index (χ4v) is 2.81. The minimum absolute atomic E-state index is 0.144. The number of carboxylic acid groups (broad SMARTS) is 1. The lowest BCUT2D eigenvalue weighted by molar-refractivity contribution is -0.121. The van der Waals surface area contributed by atoms with E-state index in [0.717, 1.165) is 10.4 Å². The van der Waals surface area contributed by atoms with Gasteiger partial charge in [0.15, 0.2) is 0 Å². The summed E-state index contributed by atoms with van der Waals surface area (Å²) in [6, 6.07) is 1.06. The Balaban J connectivity index is 3.01. The molecule has 1 amide bonds. The monoisotopic (exact) mass is 303 g/mol. The molecule has 0 radical (unpaired) electrons. The Bertz CT molecular complexity index is 620. The molecule has 0 saturated heterocycles. The van der Waals surface area contributed by atoms with Crippen LogP contribution >= 0.6 is 0 Å². The number of carbonyl (C=O) groups excluding carboxylic acids is 1. The van der Waals surface area contributed by atoms with E-state index in [0.29, 0.717) is 6.54 Å². The molecule has 0 saturated carbocycles. The molecule has 0 aliphatic carbocycles. The lowest BCUT2D eigenvalue weighted by atomic mass is 10.4. The summed E-state index contributed by atoms with van der Waals surface area (Å²) < 4.78 is 26.5. The number of nitrogens with zero attached hydrogens (tertiary/aromatic N) is 2. The zero-order valence-electron chi connectivity index (χ0n) is 11.5. The van der Waals surface area contributed by atoms with Gasteiger partial charge in [0.25, 0.3) is 0 Å². The molecule has 0 aliphatic heterocycles. The zero-order valence-corrected chi connectivity index (χ0v) is 12.3. The Kier molecular flexibility index (Phi) is 4.90. The van der Waals surface area contributed by atoms with E-state index in [-0.39, 0.29) is 17.1 Å². The van der Waals surface area contributed by atoms with Gasteiger partial charge in [0.1, 0.15) is 10.6 Å². The minimum atomic E-state index is -3.90. The SMILES string of the molecule is CCNC(=O)CN(C)S(=O)(=O)c1cc(C(=O)O)n(C)c1. The molecule has 1 aromatic rings. The molecule has 0 fully saturated rings. The highest BCUT2D eigenvalue weighted by molar-refractivity contribution is 7.89. The molecular formula is C11H17N3O5S. The summed E-state index contributed by atoms with van der Waals surface area (Å²) in [7, 11) is -1.20. The number of carbonyl (C=O) groups is 2. The Morgan fingerprint density at radius 2 is 2.05 bits per heavy atom. The van der Waals surface area contributed by atoms with Gasteiger partial charge in [-0.3, -0.25) is 4.79 Å². The number of aromatic carboxylic acids is 1. The molecule has 0 aliphatic rings. The lowest BCUT2D eigenvalue weighted by Gasteiger charge is -2.15. The van der Waals surface area contributed by atoms with Crippen LogP contribution in [0.4, 0.5) is 0 Å². The van der Waals surface area contributed by atoms with Crippen LogP contribution in [0.2, 0.25) is 0 Å². The van der Waals surface area contributed by atoms with Crippen LogP contribution in [0.1, 0.15) is 17.4 Å². The molecule has 2 N–H and O–H groups in total. The number of likely N-dealkylation sites (N-methyl/N-ethyl adjacent to an activating group) is 2. The van der Waals surface area contributed by atoms with Crippen molar-refractivity contribution in [1.29, 1.82) is 0 Å². The second-order valence-electron chi connectivity index (χ2n) is 4.19. The van der Waals surface area contributed by atoms with E-state index in [9.17, 15) is 18.0 Å². The summed E-state index contributed by atoms with van der Waals surface area (Å²) in [5.41, 5.74) is -0.144. The van der Waals surface area contributed by atoms with Crippen LogP contribution < -0.4 is 5.32 Å². The van der Waals surface area contributed by atoms with E-state index < -0.39 is 21.9 Å². The van der Waals surface area contributed by atoms with Crippen LogP contribution in [0.3, 0.4) is 0 Å². The van der Waals surface area contributed by atoms with E-state index in [2.05, 4.69) is 5.32 Å². The van der Waals surface area contributed by atoms with Crippen LogP contribution in [0.5, 0.6) is 0 Å². The van der Waals surface area contributed by atoms with E-state index in [1.165, 1.54) is 24.9 Å². The number of hydrogen-bond acceptors (Lipinski definition) is 4. The second kappa shape index (κ2) is 6.06. The summed E-state index contributed by atoms with van der Waals surface area (Å²) in [5.74, 6) is -1.65. The van der Waals surface area contributed by atoms with Crippen molar-refractivity contribution in [2.24, 2.45) is 7.05 Å². The summed E-state index contributed by atoms with van der Waals surface area (Å²) in [5, 5.41) is 11.4. The maximum Gasteiger partial charge on any atom is 0.352 e. The van der Waals surface area contributed by atoms with Gasteiger partial charge in [0.2, 0.25) is 15.9 Å². The van der Waals surface area contributed by atoms with Crippen LogP contribution in [0.15, 0.2) is 17.2 Å². The van der Waals surface area contributed by atoms with Crippen molar-refractivity contribution in [3.63, 3.8) is 0 Å². The van der Waals surface area contributed by atoms with Crippen LogP contribution in [-0.2, 0) is 21.9 Å². The fraction of sp³-hybridized carbons (Fsp3) is 0.455. The van der Waals surface area contributed by atoms with Gasteiger partial charge in [0, 0.05) is 26.8 Å². The molecule has 0 unspecified atom stereocenters. The van der Waals surface area contributed by atoms with Gasteiger partial charge in [0.05, 0.1) is 6.54 Å². The number of amides is 1. The van der Waals surface area contributed by atoms with Crippen LogP contribution in [0.25, 0.3) is 0 Å². The van der Waals surface area contributed by atoms with E-state index >= 15 is 0 Å². The van der Waals surface area contributed by atoms with Gasteiger partial charge in [-0.15, -0.1) is 0 Å². The molecule has 1 aromatic heterocycles. The molecule has 0 bridgehead atoms. The predicted molar refractivity (Wildman–Crippen MR) is 70.9 cm³/mol. The normalized spacial score (nSPS) is 11.6. The largest absolute Gasteiger partial charge is 0.477 e. The zero-order chi connectivity index (χ0) is 15.5. The highest BCUT2D eigenvalue weighted by Gasteiger charge is 2.26. The van der Waals surface area contributed by atoms with Gasteiger partial charge >= 0.3 is 5.97 Å². The Morgan fingerprint density at radius 3 is 2.50 bits per heavy atom. The maximum atomic E-state index is 12.2. The van der Waals surface area contributed by atoms with Crippen molar-refractivity contribution in [2.45, 2.75) is 11.8 Å². The molecular weight excluding hydrogens is 286 g/mol. The van der Waals surface area contributed by atoms with Gasteiger partial charge in [-0.05, 0) is 13.0 Å². The van der Waals surface area contributed by atoms with E-state index in [1.807, 2.05) is 0 Å². The van der Waals surface area contributed by atoms with E-state index in [1.54, 1.807) is 6.92 Å².